The highest BCUT2D eigenvalue weighted by atomic mass is 16.6. The molecular weight excluding hydrogens is 342 g/mol. The van der Waals surface area contributed by atoms with Crippen molar-refractivity contribution in [2.75, 3.05) is 32.7 Å². The Bertz CT molecular complexity index is 497. The van der Waals surface area contributed by atoms with Crippen LogP contribution in [-0.2, 0) is 9.53 Å². The van der Waals surface area contributed by atoms with Crippen LogP contribution in [0.5, 0.6) is 0 Å². The average Bonchev–Trinajstić information content (AvgIpc) is 3.24. The predicted molar refractivity (Wildman–Crippen MR) is 108 cm³/mol. The average molecular weight is 382 g/mol. The zero-order valence-corrected chi connectivity index (χ0v) is 17.9. The number of hydrogen-bond donors (Lipinski definition) is 1. The van der Waals surface area contributed by atoms with Gasteiger partial charge in [-0.15, -0.1) is 0 Å². The van der Waals surface area contributed by atoms with Crippen LogP contribution in [0.2, 0.25) is 0 Å². The smallest absolute Gasteiger partial charge is 0.410 e. The third-order valence-electron chi connectivity index (χ3n) is 5.69. The standard InChI is InChI=1S/C21H39N3O3/c1-6-22-19(25)18(17-10-8-9-11-17)24-13-12-16(15-24)14-23(7-2)20(26)27-21(3,4)5/h16-18H,6-15H2,1-5H3,(H,22,25)/t16-,18-/m0/s1. The topological polar surface area (TPSA) is 61.9 Å². The van der Waals surface area contributed by atoms with Gasteiger partial charge in [0, 0.05) is 26.2 Å². The molecule has 0 spiro atoms. The van der Waals surface area contributed by atoms with Gasteiger partial charge in [-0.3, -0.25) is 9.69 Å². The summed E-state index contributed by atoms with van der Waals surface area (Å²) in [7, 11) is 0. The van der Waals surface area contributed by atoms with Gasteiger partial charge in [-0.25, -0.2) is 4.79 Å². The first-order valence-corrected chi connectivity index (χ1v) is 10.7. The SMILES string of the molecule is CCNC(=O)[C@H](C1CCCC1)N1CC[C@@H](CN(CC)C(=O)OC(C)(C)C)C1. The lowest BCUT2D eigenvalue weighted by molar-refractivity contribution is -0.128. The van der Waals surface area contributed by atoms with Gasteiger partial charge in [-0.1, -0.05) is 12.8 Å². The largest absolute Gasteiger partial charge is 0.444 e. The van der Waals surface area contributed by atoms with Gasteiger partial charge in [0.2, 0.25) is 5.91 Å². The maximum atomic E-state index is 12.7. The van der Waals surface area contributed by atoms with Crippen molar-refractivity contribution in [2.24, 2.45) is 11.8 Å². The summed E-state index contributed by atoms with van der Waals surface area (Å²) in [5, 5.41) is 3.05. The Morgan fingerprint density at radius 3 is 2.41 bits per heavy atom. The van der Waals surface area contributed by atoms with Crippen molar-refractivity contribution >= 4 is 12.0 Å². The molecule has 1 heterocycles. The maximum Gasteiger partial charge on any atom is 0.410 e. The van der Waals surface area contributed by atoms with E-state index in [0.29, 0.717) is 31.5 Å². The lowest BCUT2D eigenvalue weighted by Crippen LogP contribution is -2.50. The molecule has 1 saturated heterocycles. The van der Waals surface area contributed by atoms with E-state index in [1.165, 1.54) is 12.8 Å². The summed E-state index contributed by atoms with van der Waals surface area (Å²) in [6.07, 6.45) is 5.57. The van der Waals surface area contributed by atoms with Crippen LogP contribution in [0.4, 0.5) is 4.79 Å². The molecule has 6 nitrogen and oxygen atoms in total. The van der Waals surface area contributed by atoms with Crippen LogP contribution < -0.4 is 5.32 Å². The van der Waals surface area contributed by atoms with Crippen molar-refractivity contribution < 1.29 is 14.3 Å². The molecule has 0 radical (unpaired) electrons. The van der Waals surface area contributed by atoms with E-state index in [2.05, 4.69) is 10.2 Å². The zero-order chi connectivity index (χ0) is 20.0. The zero-order valence-electron chi connectivity index (χ0n) is 17.9. The second-order valence-electron chi connectivity index (χ2n) is 9.05. The number of amides is 2. The second kappa shape index (κ2) is 9.76. The number of ether oxygens (including phenoxy) is 1. The first-order valence-electron chi connectivity index (χ1n) is 10.7. The minimum atomic E-state index is -0.474. The normalized spacial score (nSPS) is 22.6. The van der Waals surface area contributed by atoms with Crippen LogP contribution in [0.25, 0.3) is 0 Å². The third-order valence-corrected chi connectivity index (χ3v) is 5.69. The van der Waals surface area contributed by atoms with E-state index in [0.717, 1.165) is 32.4 Å². The van der Waals surface area contributed by atoms with E-state index in [4.69, 9.17) is 4.74 Å². The fraction of sp³-hybridized carbons (Fsp3) is 0.905. The third kappa shape index (κ3) is 6.37. The van der Waals surface area contributed by atoms with Crippen LogP contribution in [0.15, 0.2) is 0 Å². The fourth-order valence-corrected chi connectivity index (χ4v) is 4.47. The lowest BCUT2D eigenvalue weighted by Gasteiger charge is -2.32. The van der Waals surface area contributed by atoms with E-state index in [9.17, 15) is 9.59 Å². The minimum Gasteiger partial charge on any atom is -0.444 e. The van der Waals surface area contributed by atoms with E-state index < -0.39 is 5.60 Å². The monoisotopic (exact) mass is 381 g/mol. The number of likely N-dealkylation sites (tertiary alicyclic amines) is 1. The minimum absolute atomic E-state index is 0.00551. The van der Waals surface area contributed by atoms with Gasteiger partial charge in [-0.05, 0) is 72.3 Å². The van der Waals surface area contributed by atoms with Crippen molar-refractivity contribution in [2.45, 2.75) is 78.4 Å². The Hall–Kier alpha value is -1.30. The molecule has 0 aromatic heterocycles. The summed E-state index contributed by atoms with van der Waals surface area (Å²) in [5.41, 5.74) is -0.474. The molecule has 2 fully saturated rings. The number of nitrogens with zero attached hydrogens (tertiary/aromatic N) is 2. The van der Waals surface area contributed by atoms with E-state index in [-0.39, 0.29) is 18.0 Å². The summed E-state index contributed by atoms with van der Waals surface area (Å²) in [6, 6.07) is -0.00551. The Balaban J connectivity index is 1.96. The van der Waals surface area contributed by atoms with Crippen LogP contribution >= 0.6 is 0 Å². The highest BCUT2D eigenvalue weighted by molar-refractivity contribution is 5.82. The Morgan fingerprint density at radius 1 is 1.19 bits per heavy atom. The van der Waals surface area contributed by atoms with Gasteiger partial charge in [0.05, 0.1) is 6.04 Å². The maximum absolute atomic E-state index is 12.7. The molecule has 0 aromatic rings. The van der Waals surface area contributed by atoms with Crippen LogP contribution in [-0.4, -0.2) is 66.2 Å². The fourth-order valence-electron chi connectivity index (χ4n) is 4.47. The number of carbonyl (C=O) groups is 2. The molecule has 1 aliphatic heterocycles. The molecule has 156 valence electrons. The molecule has 2 rings (SSSR count). The Labute approximate surface area is 165 Å². The molecular formula is C21H39N3O3. The number of hydrogen-bond acceptors (Lipinski definition) is 4. The van der Waals surface area contributed by atoms with Gasteiger partial charge in [0.1, 0.15) is 5.60 Å². The first kappa shape index (κ1) is 22.0. The molecule has 1 aliphatic carbocycles. The van der Waals surface area contributed by atoms with Gasteiger partial charge >= 0.3 is 6.09 Å². The molecule has 0 unspecified atom stereocenters. The van der Waals surface area contributed by atoms with E-state index in [1.54, 1.807) is 4.90 Å². The number of likely N-dealkylation sites (N-methyl/N-ethyl adjacent to an activating group) is 1. The summed E-state index contributed by atoms with van der Waals surface area (Å²) in [5.74, 6) is 1.06. The summed E-state index contributed by atoms with van der Waals surface area (Å²) < 4.78 is 5.54. The molecule has 0 aromatic carbocycles. The van der Waals surface area contributed by atoms with Crippen LogP contribution in [0, 0.1) is 11.8 Å². The molecule has 0 bridgehead atoms. The Morgan fingerprint density at radius 2 is 1.85 bits per heavy atom. The molecule has 2 amide bonds. The highest BCUT2D eigenvalue weighted by Gasteiger charge is 2.39. The molecule has 1 saturated carbocycles. The van der Waals surface area contributed by atoms with Crippen molar-refractivity contribution in [3.63, 3.8) is 0 Å². The summed E-state index contributed by atoms with van der Waals surface area (Å²) in [4.78, 5) is 29.3. The first-order chi connectivity index (χ1) is 12.7. The number of rotatable bonds is 7. The number of nitrogens with one attached hydrogen (secondary N) is 1. The second-order valence-corrected chi connectivity index (χ2v) is 9.05. The lowest BCUT2D eigenvalue weighted by atomic mass is 9.96. The highest BCUT2D eigenvalue weighted by Crippen LogP contribution is 2.33. The van der Waals surface area contributed by atoms with E-state index in [1.807, 2.05) is 34.6 Å². The van der Waals surface area contributed by atoms with Gasteiger partial charge in [-0.2, -0.15) is 0 Å². The van der Waals surface area contributed by atoms with E-state index >= 15 is 0 Å². The van der Waals surface area contributed by atoms with Gasteiger partial charge in [0.25, 0.3) is 0 Å². The van der Waals surface area contributed by atoms with Crippen molar-refractivity contribution in [3.05, 3.63) is 0 Å². The summed E-state index contributed by atoms with van der Waals surface area (Å²) >= 11 is 0. The molecule has 2 atom stereocenters. The van der Waals surface area contributed by atoms with Crippen LogP contribution in [0.1, 0.15) is 66.7 Å². The molecule has 1 N–H and O–H groups in total. The van der Waals surface area contributed by atoms with Crippen molar-refractivity contribution in [1.29, 1.82) is 0 Å². The Kier molecular flexibility index (Phi) is 7.95. The quantitative estimate of drug-likeness (QED) is 0.735. The molecule has 27 heavy (non-hydrogen) atoms. The van der Waals surface area contributed by atoms with Gasteiger partial charge < -0.3 is 15.0 Å². The van der Waals surface area contributed by atoms with Gasteiger partial charge in [0.15, 0.2) is 0 Å². The summed E-state index contributed by atoms with van der Waals surface area (Å²) in [6.45, 7) is 13.5. The van der Waals surface area contributed by atoms with Crippen LogP contribution in [0.3, 0.4) is 0 Å². The van der Waals surface area contributed by atoms with Crippen molar-refractivity contribution in [3.8, 4) is 0 Å². The molecule has 6 heteroatoms. The number of carbonyl (C=O) groups excluding carboxylic acids is 2. The predicted octanol–water partition coefficient (Wildman–Crippen LogP) is 3.26. The molecule has 2 aliphatic rings. The van der Waals surface area contributed by atoms with Crippen molar-refractivity contribution in [1.82, 2.24) is 15.1 Å².